The summed E-state index contributed by atoms with van der Waals surface area (Å²) in [5.74, 6) is 0.568. The van der Waals surface area contributed by atoms with Gasteiger partial charge in [-0.15, -0.1) is 0 Å². The van der Waals surface area contributed by atoms with Gasteiger partial charge < -0.3 is 9.80 Å². The van der Waals surface area contributed by atoms with Gasteiger partial charge in [0.1, 0.15) is 6.04 Å². The quantitative estimate of drug-likeness (QED) is 0.817. The number of fused-ring (bicyclic) bond motifs is 1. The zero-order valence-electron chi connectivity index (χ0n) is 17.3. The molecule has 5 nitrogen and oxygen atoms in total. The molecule has 0 aliphatic carbocycles. The maximum atomic E-state index is 13.6. The van der Waals surface area contributed by atoms with E-state index in [2.05, 4.69) is 52.3 Å². The molecule has 4 rings (SSSR count). The number of carbonyl (C=O) groups excluding carboxylic acids is 1. The molecular weight excluding hydrogens is 348 g/mol. The summed E-state index contributed by atoms with van der Waals surface area (Å²) in [6.45, 7) is 5.91. The predicted molar refractivity (Wildman–Crippen MR) is 111 cm³/mol. The molecule has 0 bridgehead atoms. The summed E-state index contributed by atoms with van der Waals surface area (Å²) in [6, 6.07) is 13.1. The highest BCUT2D eigenvalue weighted by molar-refractivity contribution is 5.81. The number of hydrogen-bond donors (Lipinski definition) is 0. The molecule has 1 aromatic carbocycles. The average molecular weight is 381 g/mol. The molecule has 1 aromatic heterocycles. The van der Waals surface area contributed by atoms with Gasteiger partial charge in [-0.25, -0.2) is 0 Å². The van der Waals surface area contributed by atoms with E-state index in [1.807, 2.05) is 24.6 Å². The lowest BCUT2D eigenvalue weighted by molar-refractivity contribution is -0.136. The number of amides is 1. The Bertz CT molecular complexity index is 802. The molecule has 28 heavy (non-hydrogen) atoms. The van der Waals surface area contributed by atoms with Crippen LogP contribution in [-0.2, 0) is 4.79 Å². The van der Waals surface area contributed by atoms with Crippen molar-refractivity contribution < 1.29 is 4.79 Å². The Morgan fingerprint density at radius 2 is 1.93 bits per heavy atom. The van der Waals surface area contributed by atoms with Crippen LogP contribution in [0.2, 0.25) is 0 Å². The van der Waals surface area contributed by atoms with Gasteiger partial charge in [-0.3, -0.25) is 9.48 Å². The zero-order chi connectivity index (χ0) is 19.7. The van der Waals surface area contributed by atoms with Crippen LogP contribution in [0.4, 0.5) is 0 Å². The third kappa shape index (κ3) is 3.48. The van der Waals surface area contributed by atoms with E-state index in [1.165, 1.54) is 24.8 Å². The average Bonchev–Trinajstić information content (AvgIpc) is 3.29. The number of carbonyl (C=O) groups is 1. The maximum absolute atomic E-state index is 13.6. The first-order valence-corrected chi connectivity index (χ1v) is 10.6. The first-order valence-electron chi connectivity index (χ1n) is 10.6. The number of aromatic nitrogens is 2. The minimum absolute atomic E-state index is 0.203. The molecule has 0 radical (unpaired) electrons. The van der Waals surface area contributed by atoms with Gasteiger partial charge >= 0.3 is 0 Å². The molecule has 0 spiro atoms. The van der Waals surface area contributed by atoms with E-state index in [0.29, 0.717) is 12.0 Å². The highest BCUT2D eigenvalue weighted by atomic mass is 16.2. The van der Waals surface area contributed by atoms with Crippen molar-refractivity contribution >= 4 is 5.91 Å². The van der Waals surface area contributed by atoms with Crippen molar-refractivity contribution in [2.45, 2.75) is 63.6 Å². The van der Waals surface area contributed by atoms with Crippen LogP contribution in [-0.4, -0.2) is 57.7 Å². The fourth-order valence-corrected chi connectivity index (χ4v) is 5.26. The number of aryl methyl sites for hydroxylation is 1. The van der Waals surface area contributed by atoms with Crippen LogP contribution < -0.4 is 0 Å². The van der Waals surface area contributed by atoms with Crippen molar-refractivity contribution in [1.82, 2.24) is 19.6 Å². The molecular formula is C23H32N4O. The van der Waals surface area contributed by atoms with Gasteiger partial charge in [0.25, 0.3) is 0 Å². The molecule has 2 aliphatic rings. The minimum atomic E-state index is -0.263. The topological polar surface area (TPSA) is 41.4 Å². The molecule has 150 valence electrons. The van der Waals surface area contributed by atoms with Crippen molar-refractivity contribution in [2.24, 2.45) is 0 Å². The molecule has 1 amide bonds. The van der Waals surface area contributed by atoms with Gasteiger partial charge in [0, 0.05) is 36.4 Å². The van der Waals surface area contributed by atoms with Crippen LogP contribution >= 0.6 is 0 Å². The second-order valence-corrected chi connectivity index (χ2v) is 8.49. The van der Waals surface area contributed by atoms with Gasteiger partial charge in [0.15, 0.2) is 0 Å². The summed E-state index contributed by atoms with van der Waals surface area (Å²) >= 11 is 0. The van der Waals surface area contributed by atoms with Crippen LogP contribution in [0.1, 0.15) is 55.8 Å². The summed E-state index contributed by atoms with van der Waals surface area (Å²) in [4.78, 5) is 18.3. The van der Waals surface area contributed by atoms with Crippen molar-refractivity contribution in [3.05, 3.63) is 53.9 Å². The normalized spacial score (nSPS) is 27.1. The largest absolute Gasteiger partial charge is 0.336 e. The predicted octanol–water partition coefficient (Wildman–Crippen LogP) is 3.62. The van der Waals surface area contributed by atoms with Crippen LogP contribution in [0, 0.1) is 6.92 Å². The van der Waals surface area contributed by atoms with Crippen LogP contribution in [0.25, 0.3) is 0 Å². The number of nitrogens with zero attached hydrogens (tertiary/aromatic N) is 4. The van der Waals surface area contributed by atoms with Crippen molar-refractivity contribution in [3.8, 4) is 0 Å². The van der Waals surface area contributed by atoms with Gasteiger partial charge in [-0.05, 0) is 51.9 Å². The number of hydrogen-bond acceptors (Lipinski definition) is 3. The Kier molecular flexibility index (Phi) is 5.54. The molecule has 0 saturated carbocycles. The molecule has 2 saturated heterocycles. The van der Waals surface area contributed by atoms with Gasteiger partial charge in [-0.1, -0.05) is 43.2 Å². The van der Waals surface area contributed by atoms with Crippen molar-refractivity contribution in [3.63, 3.8) is 0 Å². The Morgan fingerprint density at radius 3 is 2.64 bits per heavy atom. The van der Waals surface area contributed by atoms with E-state index in [-0.39, 0.29) is 18.0 Å². The third-order valence-electron chi connectivity index (χ3n) is 6.72. The fraction of sp³-hybridized carbons (Fsp3) is 0.565. The van der Waals surface area contributed by atoms with Crippen molar-refractivity contribution in [2.75, 3.05) is 20.1 Å². The highest BCUT2D eigenvalue weighted by Crippen LogP contribution is 2.39. The lowest BCUT2D eigenvalue weighted by Gasteiger charge is -2.37. The Hall–Kier alpha value is -2.14. The van der Waals surface area contributed by atoms with E-state index in [0.717, 1.165) is 25.2 Å². The van der Waals surface area contributed by atoms with Crippen LogP contribution in [0.15, 0.2) is 42.6 Å². The summed E-state index contributed by atoms with van der Waals surface area (Å²) < 4.78 is 1.86. The molecule has 0 unspecified atom stereocenters. The van der Waals surface area contributed by atoms with E-state index in [9.17, 15) is 4.79 Å². The zero-order valence-corrected chi connectivity index (χ0v) is 17.3. The number of likely N-dealkylation sites (N-methyl/N-ethyl adjacent to an activating group) is 1. The second-order valence-electron chi connectivity index (χ2n) is 8.49. The monoisotopic (exact) mass is 380 g/mol. The lowest BCUT2D eigenvalue weighted by Crippen LogP contribution is -2.49. The first kappa shape index (κ1) is 19.2. The minimum Gasteiger partial charge on any atom is -0.336 e. The summed E-state index contributed by atoms with van der Waals surface area (Å²) in [6.07, 6.45) is 6.57. The number of rotatable bonds is 3. The highest BCUT2D eigenvalue weighted by Gasteiger charge is 2.47. The smallest absolute Gasteiger partial charge is 0.247 e. The van der Waals surface area contributed by atoms with E-state index in [4.69, 9.17) is 0 Å². The second kappa shape index (κ2) is 8.08. The Morgan fingerprint density at radius 1 is 1.14 bits per heavy atom. The van der Waals surface area contributed by atoms with Crippen LogP contribution in [0.5, 0.6) is 0 Å². The molecule has 0 N–H and O–H groups in total. The Balaban J connectivity index is 1.66. The summed E-state index contributed by atoms with van der Waals surface area (Å²) in [5.41, 5.74) is 2.38. The third-order valence-corrected chi connectivity index (χ3v) is 6.72. The standard InChI is InChI=1S/C23H32N4O/c1-17-13-14-24-27(17)18(2)23(28)26-16-20(19-10-6-4-7-11-19)22-21(26)12-8-5-9-15-25(22)3/h4,6-7,10-11,13-14,18,20-22H,5,8-9,12,15-16H2,1-3H3/t18-,20-,21+,22-/m0/s1. The lowest BCUT2D eigenvalue weighted by atomic mass is 9.87. The SMILES string of the molecule is Cc1ccnn1[C@@H](C)C(=O)N1C[C@@H](c2ccccc2)[C@H]2[C@H]1CCCCCN2C. The first-order chi connectivity index (χ1) is 13.6. The number of benzene rings is 1. The van der Waals surface area contributed by atoms with Gasteiger partial charge in [0.05, 0.1) is 0 Å². The molecule has 5 heteroatoms. The van der Waals surface area contributed by atoms with Crippen molar-refractivity contribution in [1.29, 1.82) is 0 Å². The van der Waals surface area contributed by atoms with E-state index >= 15 is 0 Å². The maximum Gasteiger partial charge on any atom is 0.247 e. The van der Waals surface area contributed by atoms with Gasteiger partial charge in [0.2, 0.25) is 5.91 Å². The summed E-state index contributed by atoms with van der Waals surface area (Å²) in [5, 5.41) is 4.40. The van der Waals surface area contributed by atoms with Gasteiger partial charge in [-0.2, -0.15) is 5.10 Å². The molecule has 2 aromatic rings. The molecule has 4 atom stereocenters. The molecule has 3 heterocycles. The van der Waals surface area contributed by atoms with E-state index < -0.39 is 0 Å². The fourth-order valence-electron chi connectivity index (χ4n) is 5.26. The molecule has 2 aliphatic heterocycles. The van der Waals surface area contributed by atoms with Crippen LogP contribution in [0.3, 0.4) is 0 Å². The molecule has 2 fully saturated rings. The van der Waals surface area contributed by atoms with E-state index in [1.54, 1.807) is 6.20 Å². The Labute approximate surface area is 168 Å². The summed E-state index contributed by atoms with van der Waals surface area (Å²) in [7, 11) is 2.24. The number of likely N-dealkylation sites (tertiary alicyclic amines) is 2.